The highest BCUT2D eigenvalue weighted by Gasteiger charge is 2.51. The van der Waals surface area contributed by atoms with Crippen LogP contribution in [0.2, 0.25) is 0 Å². The van der Waals surface area contributed by atoms with Crippen LogP contribution in [0.4, 0.5) is 0 Å². The first-order chi connectivity index (χ1) is 20.2. The van der Waals surface area contributed by atoms with E-state index < -0.39 is 98.5 Å². The van der Waals surface area contributed by atoms with Gasteiger partial charge in [-0.1, -0.05) is 6.07 Å². The maximum Gasteiger partial charge on any atom is 0.303 e. The fourth-order valence-corrected chi connectivity index (χ4v) is 4.51. The third kappa shape index (κ3) is 8.75. The van der Waals surface area contributed by atoms with E-state index in [1.165, 1.54) is 12.1 Å². The lowest BCUT2D eigenvalue weighted by Crippen LogP contribution is -2.62. The topological polar surface area (TPSA) is 223 Å². The number of carbonyl (C=O) groups excluding carboxylic acids is 4. The number of esters is 4. The lowest BCUT2D eigenvalue weighted by atomic mass is 9.98. The van der Waals surface area contributed by atoms with Gasteiger partial charge >= 0.3 is 23.9 Å². The molecular weight excluding hydrogens is 580 g/mol. The minimum atomic E-state index is -1.73. The Hall–Kier alpha value is -3.54. The van der Waals surface area contributed by atoms with E-state index in [1.807, 2.05) is 0 Å². The molecule has 1 aromatic carbocycles. The zero-order valence-corrected chi connectivity index (χ0v) is 24.1. The Morgan fingerprint density at radius 1 is 0.698 bits per heavy atom. The highest BCUT2D eigenvalue weighted by Crippen LogP contribution is 2.36. The maximum absolute atomic E-state index is 11.8. The number of carbonyl (C=O) groups is 4. The number of aliphatic hydroxyl groups excluding tert-OH is 4. The molecule has 43 heavy (non-hydrogen) atoms. The SMILES string of the molecule is CC(=O)OC[C@H]1O[C@@H](Oc2cc(C)ccc2O[C@@H]2O[C@H](CO)[C@@H](OC(C)=O)[C@H](OC(C)=O)[C@H]2O)[C@H](OC(C)=O)[C@@H](O)[C@@H]1O. The summed E-state index contributed by atoms with van der Waals surface area (Å²) < 4.78 is 43.6. The number of ether oxygens (including phenoxy) is 8. The summed E-state index contributed by atoms with van der Waals surface area (Å²) >= 11 is 0. The van der Waals surface area contributed by atoms with Crippen molar-refractivity contribution in [3.63, 3.8) is 0 Å². The Kier molecular flexibility index (Phi) is 11.7. The number of benzene rings is 1. The van der Waals surface area contributed by atoms with E-state index in [1.54, 1.807) is 13.0 Å². The molecule has 2 aliphatic heterocycles. The van der Waals surface area contributed by atoms with Crippen molar-refractivity contribution in [2.24, 2.45) is 0 Å². The molecule has 2 fully saturated rings. The lowest BCUT2D eigenvalue weighted by Gasteiger charge is -2.43. The first-order valence-corrected chi connectivity index (χ1v) is 13.3. The highest BCUT2D eigenvalue weighted by molar-refractivity contribution is 5.68. The van der Waals surface area contributed by atoms with E-state index in [0.717, 1.165) is 27.7 Å². The van der Waals surface area contributed by atoms with Crippen molar-refractivity contribution in [2.45, 2.75) is 96.0 Å². The predicted molar refractivity (Wildman–Crippen MR) is 138 cm³/mol. The molecule has 2 heterocycles. The quantitative estimate of drug-likeness (QED) is 0.176. The molecule has 0 spiro atoms. The van der Waals surface area contributed by atoms with Gasteiger partial charge in [-0.2, -0.15) is 0 Å². The van der Waals surface area contributed by atoms with Gasteiger partial charge < -0.3 is 58.3 Å². The van der Waals surface area contributed by atoms with Crippen molar-refractivity contribution < 1.29 is 77.5 Å². The third-order valence-corrected chi connectivity index (χ3v) is 6.38. The summed E-state index contributed by atoms with van der Waals surface area (Å²) in [5, 5.41) is 42.1. The zero-order chi connectivity index (χ0) is 32.0. The molecule has 0 aliphatic carbocycles. The van der Waals surface area contributed by atoms with Gasteiger partial charge in [-0.25, -0.2) is 0 Å². The molecule has 16 nitrogen and oxygen atoms in total. The number of rotatable bonds is 10. The average Bonchev–Trinajstić information content (AvgIpc) is 2.91. The van der Waals surface area contributed by atoms with E-state index in [2.05, 4.69) is 0 Å². The van der Waals surface area contributed by atoms with Crippen LogP contribution in [0, 0.1) is 6.92 Å². The summed E-state index contributed by atoms with van der Waals surface area (Å²) in [6.45, 7) is 4.93. The predicted octanol–water partition coefficient (Wildman–Crippen LogP) is -1.36. The molecule has 0 saturated carbocycles. The van der Waals surface area contributed by atoms with Crippen LogP contribution in [-0.4, -0.2) is 119 Å². The smallest absolute Gasteiger partial charge is 0.303 e. The molecule has 1 aromatic rings. The highest BCUT2D eigenvalue weighted by atomic mass is 16.7. The third-order valence-electron chi connectivity index (χ3n) is 6.38. The molecule has 16 heteroatoms. The van der Waals surface area contributed by atoms with Crippen molar-refractivity contribution in [1.82, 2.24) is 0 Å². The van der Waals surface area contributed by atoms with Gasteiger partial charge in [-0.3, -0.25) is 19.2 Å². The van der Waals surface area contributed by atoms with Gasteiger partial charge in [0.1, 0.15) is 31.0 Å². The van der Waals surface area contributed by atoms with E-state index in [9.17, 15) is 39.6 Å². The van der Waals surface area contributed by atoms with Gasteiger partial charge in [0.25, 0.3) is 0 Å². The number of hydrogen-bond donors (Lipinski definition) is 4. The first kappa shape index (κ1) is 34.0. The van der Waals surface area contributed by atoms with Crippen LogP contribution >= 0.6 is 0 Å². The molecule has 4 N–H and O–H groups in total. The second-order valence-electron chi connectivity index (χ2n) is 9.95. The minimum Gasteiger partial charge on any atom is -0.463 e. The molecule has 2 aliphatic rings. The van der Waals surface area contributed by atoms with Gasteiger partial charge in [-0.15, -0.1) is 0 Å². The van der Waals surface area contributed by atoms with Gasteiger partial charge in [0.15, 0.2) is 35.9 Å². The van der Waals surface area contributed by atoms with E-state index in [4.69, 9.17) is 37.9 Å². The standard InChI is InChI=1S/C27H36O16/c1-11-6-7-16(40-26-22(35)24(38-14(4)31)23(37-13(3)30)18(9-28)42-26)17(8-11)41-27-25(39-15(5)32)21(34)20(33)19(43-27)10-36-12(2)29/h6-8,18-28,33-35H,9-10H2,1-5H3/t18-,19-,20-,21+,22-,23-,24-,25-,26-,27-/m1/s1. The summed E-state index contributed by atoms with van der Waals surface area (Å²) in [6.07, 6.45) is -15.2. The summed E-state index contributed by atoms with van der Waals surface area (Å²) in [5.41, 5.74) is 0.644. The number of aliphatic hydroxyl groups is 4. The van der Waals surface area contributed by atoms with Crippen molar-refractivity contribution in [2.75, 3.05) is 13.2 Å². The molecule has 10 atom stereocenters. The Morgan fingerprint density at radius 2 is 1.26 bits per heavy atom. The summed E-state index contributed by atoms with van der Waals surface area (Å²) in [6, 6.07) is 4.52. The maximum atomic E-state index is 11.8. The number of hydrogen-bond acceptors (Lipinski definition) is 16. The van der Waals surface area contributed by atoms with Gasteiger partial charge in [0.05, 0.1) is 6.61 Å². The van der Waals surface area contributed by atoms with E-state index in [0.29, 0.717) is 5.56 Å². The van der Waals surface area contributed by atoms with Gasteiger partial charge in [0.2, 0.25) is 12.6 Å². The largest absolute Gasteiger partial charge is 0.463 e. The molecule has 0 aromatic heterocycles. The zero-order valence-electron chi connectivity index (χ0n) is 24.1. The molecule has 2 saturated heterocycles. The molecular formula is C27H36O16. The summed E-state index contributed by atoms with van der Waals surface area (Å²) in [7, 11) is 0. The lowest BCUT2D eigenvalue weighted by molar-refractivity contribution is -0.288. The summed E-state index contributed by atoms with van der Waals surface area (Å²) in [5.74, 6) is -3.23. The van der Waals surface area contributed by atoms with Crippen molar-refractivity contribution in [1.29, 1.82) is 0 Å². The van der Waals surface area contributed by atoms with Crippen LogP contribution in [0.5, 0.6) is 11.5 Å². The second-order valence-corrected chi connectivity index (χ2v) is 9.95. The minimum absolute atomic E-state index is 0.0699. The Morgan fingerprint density at radius 3 is 1.84 bits per heavy atom. The molecule has 0 unspecified atom stereocenters. The Labute approximate surface area is 246 Å². The van der Waals surface area contributed by atoms with E-state index in [-0.39, 0.29) is 11.5 Å². The van der Waals surface area contributed by atoms with Gasteiger partial charge in [0, 0.05) is 27.7 Å². The molecule has 240 valence electrons. The fraction of sp³-hybridized carbons (Fsp3) is 0.630. The molecule has 0 amide bonds. The van der Waals surface area contributed by atoms with Crippen LogP contribution in [0.15, 0.2) is 18.2 Å². The van der Waals surface area contributed by atoms with Crippen molar-refractivity contribution >= 4 is 23.9 Å². The van der Waals surface area contributed by atoms with Crippen LogP contribution in [-0.2, 0) is 47.6 Å². The van der Waals surface area contributed by atoms with Crippen molar-refractivity contribution in [3.8, 4) is 11.5 Å². The second kappa shape index (κ2) is 14.8. The first-order valence-electron chi connectivity index (χ1n) is 13.3. The van der Waals surface area contributed by atoms with Crippen molar-refractivity contribution in [3.05, 3.63) is 23.8 Å². The fourth-order valence-electron chi connectivity index (χ4n) is 4.51. The molecule has 0 bridgehead atoms. The van der Waals surface area contributed by atoms with Crippen LogP contribution in [0.25, 0.3) is 0 Å². The van der Waals surface area contributed by atoms with Gasteiger partial charge in [-0.05, 0) is 24.6 Å². The Bertz CT molecular complexity index is 1150. The van der Waals surface area contributed by atoms with Crippen LogP contribution in [0.3, 0.4) is 0 Å². The average molecular weight is 617 g/mol. The molecule has 3 rings (SSSR count). The van der Waals surface area contributed by atoms with Crippen LogP contribution < -0.4 is 9.47 Å². The summed E-state index contributed by atoms with van der Waals surface area (Å²) in [4.78, 5) is 46.5. The monoisotopic (exact) mass is 616 g/mol. The Balaban J connectivity index is 1.92. The van der Waals surface area contributed by atoms with Crippen LogP contribution in [0.1, 0.15) is 33.3 Å². The number of aryl methyl sites for hydroxylation is 1. The van der Waals surface area contributed by atoms with E-state index >= 15 is 0 Å². The normalized spacial score (nSPS) is 32.2. The molecule has 0 radical (unpaired) electrons.